The first-order valence-electron chi connectivity index (χ1n) is 5.80. The van der Waals surface area contributed by atoms with Crippen LogP contribution in [-0.4, -0.2) is 22.7 Å². The molecule has 1 N–H and O–H groups in total. The lowest BCUT2D eigenvalue weighted by molar-refractivity contribution is -0.135. The van der Waals surface area contributed by atoms with Crippen molar-refractivity contribution in [2.45, 2.75) is 26.2 Å². The van der Waals surface area contributed by atoms with Crippen molar-refractivity contribution in [3.05, 3.63) is 29.8 Å². The molecular weight excluding hydrogens is 232 g/mol. The molecule has 0 saturated carbocycles. The van der Waals surface area contributed by atoms with Crippen LogP contribution in [0.2, 0.25) is 0 Å². The third-order valence-electron chi connectivity index (χ3n) is 2.78. The Morgan fingerprint density at radius 1 is 1.39 bits per heavy atom. The molecule has 94 valence electrons. The van der Waals surface area contributed by atoms with Gasteiger partial charge in [0.1, 0.15) is 0 Å². The maximum Gasteiger partial charge on any atom is 0.309 e. The Balaban J connectivity index is 2.19. The van der Waals surface area contributed by atoms with Gasteiger partial charge in [-0.3, -0.25) is 9.59 Å². The zero-order valence-corrected chi connectivity index (χ0v) is 10.1. The van der Waals surface area contributed by atoms with Gasteiger partial charge in [-0.1, -0.05) is 19.1 Å². The molecule has 1 amide bonds. The summed E-state index contributed by atoms with van der Waals surface area (Å²) in [7, 11) is 0. The van der Waals surface area contributed by atoms with Crippen molar-refractivity contribution in [1.82, 2.24) is 0 Å². The van der Waals surface area contributed by atoms with Gasteiger partial charge in [0.2, 0.25) is 0 Å². The summed E-state index contributed by atoms with van der Waals surface area (Å²) in [5.74, 6) is -1.15. The van der Waals surface area contributed by atoms with E-state index >= 15 is 0 Å². The van der Waals surface area contributed by atoms with Crippen molar-refractivity contribution < 1.29 is 14.7 Å². The van der Waals surface area contributed by atoms with Crippen molar-refractivity contribution in [2.24, 2.45) is 5.10 Å². The highest BCUT2D eigenvalue weighted by Gasteiger charge is 2.26. The maximum atomic E-state index is 11.7. The molecule has 0 atom stereocenters. The first-order chi connectivity index (χ1) is 8.60. The Morgan fingerprint density at radius 2 is 2.06 bits per heavy atom. The number of carbonyl (C=O) groups is 2. The average molecular weight is 246 g/mol. The number of aryl methyl sites for hydroxylation is 1. The normalized spacial score (nSPS) is 14.8. The Bertz CT molecular complexity index is 505. The minimum atomic E-state index is -0.968. The molecule has 1 heterocycles. The lowest BCUT2D eigenvalue weighted by atomic mass is 10.1. The zero-order valence-electron chi connectivity index (χ0n) is 10.1. The van der Waals surface area contributed by atoms with Gasteiger partial charge in [-0.05, 0) is 24.1 Å². The Kier molecular flexibility index (Phi) is 3.41. The van der Waals surface area contributed by atoms with Crippen LogP contribution in [0, 0.1) is 0 Å². The number of amides is 1. The number of nitrogens with zero attached hydrogens (tertiary/aromatic N) is 2. The molecule has 1 aromatic rings. The van der Waals surface area contributed by atoms with Gasteiger partial charge in [0.15, 0.2) is 0 Å². The predicted octanol–water partition coefficient (Wildman–Crippen LogP) is 1.82. The van der Waals surface area contributed by atoms with E-state index in [0.717, 1.165) is 6.42 Å². The smallest absolute Gasteiger partial charge is 0.309 e. The lowest BCUT2D eigenvalue weighted by Gasteiger charge is -2.11. The molecule has 5 heteroatoms. The topological polar surface area (TPSA) is 70.0 Å². The molecule has 1 aromatic carbocycles. The minimum Gasteiger partial charge on any atom is -0.481 e. The summed E-state index contributed by atoms with van der Waals surface area (Å²) in [6.07, 6.45) is 0.832. The molecule has 0 radical (unpaired) electrons. The van der Waals surface area contributed by atoms with Crippen LogP contribution in [0.15, 0.2) is 29.4 Å². The number of benzene rings is 1. The highest BCUT2D eigenvalue weighted by molar-refractivity contribution is 6.16. The third kappa shape index (κ3) is 2.56. The molecular formula is C13H14N2O3. The van der Waals surface area contributed by atoms with Crippen molar-refractivity contribution in [3.63, 3.8) is 0 Å². The van der Waals surface area contributed by atoms with Gasteiger partial charge in [-0.2, -0.15) is 5.10 Å². The number of hydrazone groups is 1. The standard InChI is InChI=1S/C13H14N2O3/c1-2-9-3-5-11(6-4-9)15-12(16)7-10(14-15)8-13(17)18/h3-6H,2,7-8H2,1H3,(H,17,18). The fourth-order valence-corrected chi connectivity index (χ4v) is 1.83. The van der Waals surface area contributed by atoms with Crippen molar-refractivity contribution in [2.75, 3.05) is 5.01 Å². The average Bonchev–Trinajstić information content (AvgIpc) is 2.69. The molecule has 2 rings (SSSR count). The number of carboxylic acids is 1. The number of rotatable bonds is 4. The van der Waals surface area contributed by atoms with Crippen molar-refractivity contribution >= 4 is 23.3 Å². The second-order valence-corrected chi connectivity index (χ2v) is 4.14. The highest BCUT2D eigenvalue weighted by atomic mass is 16.4. The van der Waals surface area contributed by atoms with Gasteiger partial charge >= 0.3 is 5.97 Å². The highest BCUT2D eigenvalue weighted by Crippen LogP contribution is 2.21. The van der Waals surface area contributed by atoms with Crippen LogP contribution in [0.5, 0.6) is 0 Å². The van der Waals surface area contributed by atoms with E-state index in [1.807, 2.05) is 24.3 Å². The van der Waals surface area contributed by atoms with Crippen LogP contribution in [0.1, 0.15) is 25.3 Å². The second-order valence-electron chi connectivity index (χ2n) is 4.14. The number of aliphatic carboxylic acids is 1. The van der Waals surface area contributed by atoms with Gasteiger partial charge in [0.25, 0.3) is 5.91 Å². The minimum absolute atomic E-state index is 0.0851. The zero-order chi connectivity index (χ0) is 13.1. The molecule has 0 fully saturated rings. The summed E-state index contributed by atoms with van der Waals surface area (Å²) >= 11 is 0. The molecule has 0 saturated heterocycles. The van der Waals surface area contributed by atoms with E-state index in [0.29, 0.717) is 11.4 Å². The summed E-state index contributed by atoms with van der Waals surface area (Å²) in [6.45, 7) is 2.05. The molecule has 0 aliphatic carbocycles. The van der Waals surface area contributed by atoms with E-state index in [1.54, 1.807) is 0 Å². The van der Waals surface area contributed by atoms with Crippen LogP contribution < -0.4 is 5.01 Å². The fourth-order valence-electron chi connectivity index (χ4n) is 1.83. The molecule has 0 bridgehead atoms. The number of carbonyl (C=O) groups excluding carboxylic acids is 1. The SMILES string of the molecule is CCc1ccc(N2N=C(CC(=O)O)CC2=O)cc1. The molecule has 1 aliphatic rings. The van der Waals surface area contributed by atoms with Crippen LogP contribution in [0.4, 0.5) is 5.69 Å². The molecule has 0 aromatic heterocycles. The molecule has 1 aliphatic heterocycles. The molecule has 0 unspecified atom stereocenters. The van der Waals surface area contributed by atoms with Gasteiger partial charge in [0.05, 0.1) is 24.2 Å². The number of carboxylic acid groups (broad SMARTS) is 1. The summed E-state index contributed by atoms with van der Waals surface area (Å²) in [6, 6.07) is 7.52. The summed E-state index contributed by atoms with van der Waals surface area (Å²) < 4.78 is 0. The summed E-state index contributed by atoms with van der Waals surface area (Å²) in [5, 5.41) is 14.0. The Hall–Kier alpha value is -2.17. The first-order valence-corrected chi connectivity index (χ1v) is 5.80. The van der Waals surface area contributed by atoms with Crippen molar-refractivity contribution in [3.8, 4) is 0 Å². The van der Waals surface area contributed by atoms with Crippen LogP contribution in [0.3, 0.4) is 0 Å². The monoisotopic (exact) mass is 246 g/mol. The van der Waals surface area contributed by atoms with E-state index in [-0.39, 0.29) is 18.7 Å². The van der Waals surface area contributed by atoms with E-state index < -0.39 is 5.97 Å². The largest absolute Gasteiger partial charge is 0.481 e. The fraction of sp³-hybridized carbons (Fsp3) is 0.308. The first kappa shape index (κ1) is 12.3. The number of hydrogen-bond donors (Lipinski definition) is 1. The van der Waals surface area contributed by atoms with Crippen LogP contribution in [-0.2, 0) is 16.0 Å². The third-order valence-corrected chi connectivity index (χ3v) is 2.78. The van der Waals surface area contributed by atoms with Gasteiger partial charge in [-0.25, -0.2) is 5.01 Å². The van der Waals surface area contributed by atoms with Gasteiger partial charge in [0, 0.05) is 0 Å². The van der Waals surface area contributed by atoms with E-state index in [2.05, 4.69) is 12.0 Å². The predicted molar refractivity (Wildman–Crippen MR) is 67.6 cm³/mol. The summed E-state index contributed by atoms with van der Waals surface area (Å²) in [4.78, 5) is 22.3. The van der Waals surface area contributed by atoms with Crippen molar-refractivity contribution in [1.29, 1.82) is 0 Å². The second kappa shape index (κ2) is 5.00. The number of hydrogen-bond acceptors (Lipinski definition) is 3. The number of anilines is 1. The Morgan fingerprint density at radius 3 is 2.61 bits per heavy atom. The summed E-state index contributed by atoms with van der Waals surface area (Å²) in [5.41, 5.74) is 2.25. The molecule has 0 spiro atoms. The van der Waals surface area contributed by atoms with Gasteiger partial charge in [-0.15, -0.1) is 0 Å². The maximum absolute atomic E-state index is 11.7. The van der Waals surface area contributed by atoms with Crippen LogP contribution in [0.25, 0.3) is 0 Å². The quantitative estimate of drug-likeness (QED) is 0.880. The Labute approximate surface area is 105 Å². The molecule has 18 heavy (non-hydrogen) atoms. The molecule has 5 nitrogen and oxygen atoms in total. The van der Waals surface area contributed by atoms with Crippen LogP contribution >= 0.6 is 0 Å². The lowest BCUT2D eigenvalue weighted by Crippen LogP contribution is -2.19. The van der Waals surface area contributed by atoms with E-state index in [1.165, 1.54) is 10.6 Å². The van der Waals surface area contributed by atoms with Gasteiger partial charge < -0.3 is 5.11 Å². The van der Waals surface area contributed by atoms with E-state index in [9.17, 15) is 9.59 Å². The van der Waals surface area contributed by atoms with E-state index in [4.69, 9.17) is 5.11 Å².